The third-order valence-electron chi connectivity index (χ3n) is 4.87. The average Bonchev–Trinajstić information content (AvgIpc) is 3.03. The Labute approximate surface area is 163 Å². The Morgan fingerprint density at radius 2 is 1.82 bits per heavy atom. The molecule has 0 saturated carbocycles. The van der Waals surface area contributed by atoms with E-state index in [0.29, 0.717) is 27.5 Å². The van der Waals surface area contributed by atoms with Crippen LogP contribution in [0, 0.1) is 0 Å². The van der Waals surface area contributed by atoms with Crippen molar-refractivity contribution in [1.29, 1.82) is 0 Å². The van der Waals surface area contributed by atoms with Gasteiger partial charge < -0.3 is 11.1 Å². The standard InChI is InChI=1S/C19H16ClF3N4O/c20-12-6-4-10(5-7-12)16-17(19(21,22)23)26-27-15(28)9-14(25-18(16)27)11-2-1-3-13(24)8-11/h1-9,16-18,25-26H,24H2. The van der Waals surface area contributed by atoms with Crippen molar-refractivity contribution >= 4 is 28.9 Å². The second-order valence-electron chi connectivity index (χ2n) is 6.71. The maximum absolute atomic E-state index is 13.7. The maximum atomic E-state index is 13.7. The summed E-state index contributed by atoms with van der Waals surface area (Å²) in [6.07, 6.45) is -4.22. The molecule has 1 fully saturated rings. The van der Waals surface area contributed by atoms with Crippen molar-refractivity contribution in [3.8, 4) is 0 Å². The number of nitrogens with two attached hydrogens (primary N) is 1. The Balaban J connectivity index is 1.75. The van der Waals surface area contributed by atoms with Gasteiger partial charge in [0.2, 0.25) is 0 Å². The van der Waals surface area contributed by atoms with Gasteiger partial charge in [0.1, 0.15) is 12.2 Å². The van der Waals surface area contributed by atoms with Gasteiger partial charge in [0.25, 0.3) is 5.91 Å². The normalized spacial score (nSPS) is 24.6. The fourth-order valence-electron chi connectivity index (χ4n) is 3.61. The number of nitrogens with zero attached hydrogens (tertiary/aromatic N) is 1. The molecule has 1 saturated heterocycles. The van der Waals surface area contributed by atoms with Crippen molar-refractivity contribution in [2.75, 3.05) is 5.73 Å². The molecule has 0 bridgehead atoms. The van der Waals surface area contributed by atoms with Crippen LogP contribution >= 0.6 is 11.6 Å². The van der Waals surface area contributed by atoms with Gasteiger partial charge in [-0.05, 0) is 35.4 Å². The minimum Gasteiger partial charge on any atom is -0.399 e. The van der Waals surface area contributed by atoms with Crippen LogP contribution < -0.4 is 16.5 Å². The van der Waals surface area contributed by atoms with Crippen LogP contribution in [0.1, 0.15) is 17.0 Å². The molecule has 4 rings (SSSR count). The molecule has 2 aliphatic heterocycles. The Morgan fingerprint density at radius 1 is 1.11 bits per heavy atom. The lowest BCUT2D eigenvalue weighted by atomic mass is 9.89. The highest BCUT2D eigenvalue weighted by molar-refractivity contribution is 6.30. The molecule has 0 aliphatic carbocycles. The monoisotopic (exact) mass is 408 g/mol. The second kappa shape index (κ2) is 6.72. The summed E-state index contributed by atoms with van der Waals surface area (Å²) < 4.78 is 41.2. The van der Waals surface area contributed by atoms with Gasteiger partial charge in [0.05, 0.1) is 5.92 Å². The zero-order valence-corrected chi connectivity index (χ0v) is 15.1. The zero-order valence-electron chi connectivity index (χ0n) is 14.4. The average molecular weight is 409 g/mol. The Bertz CT molecular complexity index is 945. The number of nitrogens with one attached hydrogen (secondary N) is 2. The number of benzene rings is 2. The molecule has 1 amide bonds. The van der Waals surface area contributed by atoms with Gasteiger partial charge in [0.15, 0.2) is 0 Å². The number of hydrogen-bond acceptors (Lipinski definition) is 4. The predicted octanol–water partition coefficient (Wildman–Crippen LogP) is 3.25. The van der Waals surface area contributed by atoms with Gasteiger partial charge in [-0.3, -0.25) is 9.80 Å². The molecule has 2 aromatic rings. The minimum atomic E-state index is -4.55. The summed E-state index contributed by atoms with van der Waals surface area (Å²) in [6.45, 7) is 0. The molecule has 0 radical (unpaired) electrons. The van der Waals surface area contributed by atoms with E-state index in [1.807, 2.05) is 0 Å². The molecule has 0 aromatic heterocycles. The number of alkyl halides is 3. The van der Waals surface area contributed by atoms with Crippen LogP contribution in [0.4, 0.5) is 18.9 Å². The summed E-state index contributed by atoms with van der Waals surface area (Å²) in [5, 5.41) is 4.48. The number of halogens is 4. The largest absolute Gasteiger partial charge is 0.406 e. The Hall–Kier alpha value is -2.71. The topological polar surface area (TPSA) is 70.4 Å². The second-order valence-corrected chi connectivity index (χ2v) is 7.14. The van der Waals surface area contributed by atoms with Crippen LogP contribution in [0.25, 0.3) is 5.70 Å². The van der Waals surface area contributed by atoms with Crippen molar-refractivity contribution in [2.24, 2.45) is 0 Å². The number of amides is 1. The molecule has 28 heavy (non-hydrogen) atoms. The fraction of sp³-hybridized carbons (Fsp3) is 0.211. The first kappa shape index (κ1) is 18.6. The molecule has 3 atom stereocenters. The maximum Gasteiger partial charge on any atom is 0.406 e. The van der Waals surface area contributed by atoms with Crippen LogP contribution in [-0.4, -0.2) is 29.3 Å². The van der Waals surface area contributed by atoms with E-state index >= 15 is 0 Å². The Kier molecular flexibility index (Phi) is 4.47. The van der Waals surface area contributed by atoms with Crippen LogP contribution in [0.15, 0.2) is 54.6 Å². The van der Waals surface area contributed by atoms with E-state index in [-0.39, 0.29) is 0 Å². The van der Waals surface area contributed by atoms with E-state index in [9.17, 15) is 18.0 Å². The molecular weight excluding hydrogens is 393 g/mol. The van der Waals surface area contributed by atoms with Crippen molar-refractivity contribution < 1.29 is 18.0 Å². The van der Waals surface area contributed by atoms with Crippen LogP contribution in [-0.2, 0) is 4.79 Å². The molecular formula is C19H16ClF3N4O. The number of hydrogen-bond donors (Lipinski definition) is 3. The van der Waals surface area contributed by atoms with Crippen LogP contribution in [0.5, 0.6) is 0 Å². The molecule has 9 heteroatoms. The van der Waals surface area contributed by atoms with E-state index in [1.165, 1.54) is 18.2 Å². The first-order valence-electron chi connectivity index (χ1n) is 8.50. The minimum absolute atomic E-state index is 0.417. The smallest absolute Gasteiger partial charge is 0.399 e. The number of anilines is 1. The number of carbonyl (C=O) groups is 1. The SMILES string of the molecule is Nc1cccc(C2=CC(=O)N3NC(C(F)(F)F)C(c4ccc(Cl)cc4)C3N2)c1. The summed E-state index contributed by atoms with van der Waals surface area (Å²) >= 11 is 5.88. The van der Waals surface area contributed by atoms with Gasteiger partial charge in [-0.1, -0.05) is 35.9 Å². The predicted molar refractivity (Wildman–Crippen MR) is 99.8 cm³/mol. The summed E-state index contributed by atoms with van der Waals surface area (Å²) in [5.74, 6) is -1.63. The third kappa shape index (κ3) is 3.29. The number of carbonyl (C=O) groups excluding carboxylic acids is 1. The van der Waals surface area contributed by atoms with E-state index in [1.54, 1.807) is 36.4 Å². The van der Waals surface area contributed by atoms with E-state index in [4.69, 9.17) is 17.3 Å². The number of fused-ring (bicyclic) bond motifs is 1. The summed E-state index contributed by atoms with van der Waals surface area (Å²) in [6, 6.07) is 11.0. The van der Waals surface area contributed by atoms with Crippen LogP contribution in [0.2, 0.25) is 5.02 Å². The highest BCUT2D eigenvalue weighted by Crippen LogP contribution is 2.41. The van der Waals surface area contributed by atoms with Crippen LogP contribution in [0.3, 0.4) is 0 Å². The molecule has 2 aromatic carbocycles. The first-order chi connectivity index (χ1) is 13.2. The molecule has 4 N–H and O–H groups in total. The fourth-order valence-corrected chi connectivity index (χ4v) is 3.74. The number of hydrazine groups is 1. The van der Waals surface area contributed by atoms with Crippen molar-refractivity contribution in [1.82, 2.24) is 15.8 Å². The van der Waals surface area contributed by atoms with Gasteiger partial charge in [-0.2, -0.15) is 13.2 Å². The molecule has 2 aliphatic rings. The molecule has 0 spiro atoms. The lowest BCUT2D eigenvalue weighted by Crippen LogP contribution is -2.53. The van der Waals surface area contributed by atoms with E-state index in [0.717, 1.165) is 5.01 Å². The van der Waals surface area contributed by atoms with Gasteiger partial charge >= 0.3 is 6.18 Å². The number of nitrogen functional groups attached to an aromatic ring is 1. The summed E-state index contributed by atoms with van der Waals surface area (Å²) in [4.78, 5) is 12.6. The molecule has 5 nitrogen and oxygen atoms in total. The van der Waals surface area contributed by atoms with Gasteiger partial charge in [0, 0.05) is 22.5 Å². The van der Waals surface area contributed by atoms with Crippen molar-refractivity contribution in [3.63, 3.8) is 0 Å². The highest BCUT2D eigenvalue weighted by Gasteiger charge is 2.57. The lowest BCUT2D eigenvalue weighted by Gasteiger charge is -2.33. The van der Waals surface area contributed by atoms with Gasteiger partial charge in [-0.25, -0.2) is 5.43 Å². The number of rotatable bonds is 2. The molecule has 146 valence electrons. The summed E-state index contributed by atoms with van der Waals surface area (Å²) in [5.41, 5.74) is 10.1. The third-order valence-corrected chi connectivity index (χ3v) is 5.12. The quantitative estimate of drug-likeness (QED) is 0.667. The zero-order chi connectivity index (χ0) is 20.1. The molecule has 3 unspecified atom stereocenters. The first-order valence-corrected chi connectivity index (χ1v) is 8.87. The molecule has 2 heterocycles. The van der Waals surface area contributed by atoms with Crippen molar-refractivity contribution in [3.05, 3.63) is 70.8 Å². The van der Waals surface area contributed by atoms with E-state index < -0.39 is 30.2 Å². The lowest BCUT2D eigenvalue weighted by molar-refractivity contribution is -0.161. The highest BCUT2D eigenvalue weighted by atomic mass is 35.5. The van der Waals surface area contributed by atoms with E-state index in [2.05, 4.69) is 10.7 Å². The van der Waals surface area contributed by atoms with Crippen molar-refractivity contribution in [2.45, 2.75) is 24.3 Å². The summed E-state index contributed by atoms with van der Waals surface area (Å²) in [7, 11) is 0. The Morgan fingerprint density at radius 3 is 2.46 bits per heavy atom. The van der Waals surface area contributed by atoms with Gasteiger partial charge in [-0.15, -0.1) is 0 Å².